The Kier molecular flexibility index (Phi) is 4.21. The first-order valence-electron chi connectivity index (χ1n) is 9.35. The molecule has 3 aliphatic rings. The van der Waals surface area contributed by atoms with Crippen LogP contribution in [0.5, 0.6) is 0 Å². The van der Waals surface area contributed by atoms with E-state index >= 15 is 0 Å². The maximum atomic E-state index is 10.7. The van der Waals surface area contributed by atoms with E-state index in [4.69, 9.17) is 0 Å². The first kappa shape index (κ1) is 15.6. The molecule has 126 valence electrons. The summed E-state index contributed by atoms with van der Waals surface area (Å²) in [5.74, 6) is 1.07. The number of hydrogen-bond donors (Lipinski definition) is 1. The summed E-state index contributed by atoms with van der Waals surface area (Å²) in [7, 11) is 0. The molecule has 0 radical (unpaired) electrons. The second-order valence-electron chi connectivity index (χ2n) is 8.12. The van der Waals surface area contributed by atoms with Crippen LogP contribution < -0.4 is 0 Å². The second kappa shape index (κ2) is 6.19. The highest BCUT2D eigenvalue weighted by atomic mass is 16.3. The van der Waals surface area contributed by atoms with Crippen molar-refractivity contribution in [2.45, 2.75) is 50.8 Å². The fraction of sp³-hybridized carbons (Fsp3) is 0.700. The van der Waals surface area contributed by atoms with Gasteiger partial charge in [0.1, 0.15) is 0 Å². The molecule has 1 heterocycles. The van der Waals surface area contributed by atoms with E-state index in [-0.39, 0.29) is 5.60 Å². The number of aliphatic hydroxyl groups is 1. The zero-order valence-corrected chi connectivity index (χ0v) is 14.3. The van der Waals surface area contributed by atoms with Gasteiger partial charge >= 0.3 is 0 Å². The lowest BCUT2D eigenvalue weighted by molar-refractivity contribution is -0.0716. The number of hydrogen-bond acceptors (Lipinski definition) is 3. The largest absolute Gasteiger partial charge is 0.390 e. The van der Waals surface area contributed by atoms with Gasteiger partial charge in [-0.1, -0.05) is 30.3 Å². The van der Waals surface area contributed by atoms with Crippen LogP contribution in [0.4, 0.5) is 0 Å². The van der Waals surface area contributed by atoms with Crippen LogP contribution in [-0.4, -0.2) is 52.7 Å². The Hall–Kier alpha value is -0.900. The summed E-state index contributed by atoms with van der Waals surface area (Å²) >= 11 is 0. The molecule has 0 amide bonds. The maximum Gasteiger partial charge on any atom is 0.0676 e. The van der Waals surface area contributed by atoms with E-state index in [1.807, 2.05) is 0 Å². The Balaban J connectivity index is 1.31. The molecule has 2 aliphatic carbocycles. The first-order chi connectivity index (χ1) is 11.1. The Morgan fingerprint density at radius 2 is 1.61 bits per heavy atom. The van der Waals surface area contributed by atoms with Crippen molar-refractivity contribution in [1.82, 2.24) is 9.80 Å². The standard InChI is InChI=1S/C20H30N2O/c1-20(23)17-7-8-18(20)14-19(13-17)22-11-9-21(10-12-22)15-16-5-3-2-4-6-16/h2-6,17-19,23H,7-15H2,1H3. The van der Waals surface area contributed by atoms with E-state index in [0.717, 1.165) is 6.54 Å². The van der Waals surface area contributed by atoms with Crippen LogP contribution >= 0.6 is 0 Å². The van der Waals surface area contributed by atoms with Crippen molar-refractivity contribution >= 4 is 0 Å². The fourth-order valence-electron chi connectivity index (χ4n) is 5.21. The number of rotatable bonds is 3. The smallest absolute Gasteiger partial charge is 0.0676 e. The average Bonchev–Trinajstić information content (AvgIpc) is 2.75. The van der Waals surface area contributed by atoms with E-state index in [9.17, 15) is 5.11 Å². The molecule has 0 spiro atoms. The molecule has 1 aromatic carbocycles. The third-order valence-corrected chi connectivity index (χ3v) is 6.80. The van der Waals surface area contributed by atoms with Crippen molar-refractivity contribution in [2.75, 3.05) is 26.2 Å². The monoisotopic (exact) mass is 314 g/mol. The quantitative estimate of drug-likeness (QED) is 0.929. The molecule has 3 heteroatoms. The van der Waals surface area contributed by atoms with Gasteiger partial charge in [-0.25, -0.2) is 0 Å². The Morgan fingerprint density at radius 1 is 1.00 bits per heavy atom. The number of nitrogens with zero attached hydrogens (tertiary/aromatic N) is 2. The van der Waals surface area contributed by atoms with Gasteiger partial charge in [-0.2, -0.15) is 0 Å². The summed E-state index contributed by atoms with van der Waals surface area (Å²) in [4.78, 5) is 5.29. The third kappa shape index (κ3) is 3.07. The second-order valence-corrected chi connectivity index (χ2v) is 8.12. The molecular weight excluding hydrogens is 284 g/mol. The van der Waals surface area contributed by atoms with Crippen molar-refractivity contribution in [3.8, 4) is 0 Å². The summed E-state index contributed by atoms with van der Waals surface area (Å²) in [6, 6.07) is 11.5. The van der Waals surface area contributed by atoms with Gasteiger partial charge in [0.05, 0.1) is 5.60 Å². The van der Waals surface area contributed by atoms with Crippen molar-refractivity contribution in [1.29, 1.82) is 0 Å². The first-order valence-corrected chi connectivity index (χ1v) is 9.35. The van der Waals surface area contributed by atoms with Gasteiger partial charge in [0.15, 0.2) is 0 Å². The minimum Gasteiger partial charge on any atom is -0.390 e. The van der Waals surface area contributed by atoms with E-state index in [1.165, 1.54) is 57.4 Å². The van der Waals surface area contributed by atoms with Crippen LogP contribution in [0, 0.1) is 11.8 Å². The Bertz CT molecular complexity index is 506. The van der Waals surface area contributed by atoms with Crippen molar-refractivity contribution in [3.63, 3.8) is 0 Å². The fourth-order valence-corrected chi connectivity index (χ4v) is 5.21. The summed E-state index contributed by atoms with van der Waals surface area (Å²) in [5, 5.41) is 10.7. The van der Waals surface area contributed by atoms with E-state index in [1.54, 1.807) is 0 Å². The van der Waals surface area contributed by atoms with Crippen LogP contribution in [0.15, 0.2) is 30.3 Å². The summed E-state index contributed by atoms with van der Waals surface area (Å²) in [5.41, 5.74) is 1.04. The van der Waals surface area contributed by atoms with Crippen LogP contribution in [-0.2, 0) is 6.54 Å². The molecule has 4 rings (SSSR count). The van der Waals surface area contributed by atoms with Gasteiger partial charge in [0.2, 0.25) is 0 Å². The summed E-state index contributed by atoms with van der Waals surface area (Å²) < 4.78 is 0. The molecule has 2 saturated carbocycles. The SMILES string of the molecule is CC1(O)C2CCC1CC(N1CCN(Cc3ccccc3)CC1)C2. The van der Waals surface area contributed by atoms with Gasteiger partial charge in [0, 0.05) is 38.8 Å². The highest BCUT2D eigenvalue weighted by Crippen LogP contribution is 2.50. The lowest BCUT2D eigenvalue weighted by Crippen LogP contribution is -2.54. The minimum absolute atomic E-state index is 0.383. The van der Waals surface area contributed by atoms with Crippen LogP contribution in [0.2, 0.25) is 0 Å². The van der Waals surface area contributed by atoms with E-state index in [2.05, 4.69) is 47.1 Å². The molecule has 23 heavy (non-hydrogen) atoms. The number of piperazine rings is 1. The zero-order valence-electron chi connectivity index (χ0n) is 14.3. The molecule has 1 N–H and O–H groups in total. The summed E-state index contributed by atoms with van der Waals surface area (Å²) in [6.07, 6.45) is 4.90. The lowest BCUT2D eigenvalue weighted by Gasteiger charge is -2.46. The predicted octanol–water partition coefficient (Wildman–Crippen LogP) is 2.74. The lowest BCUT2D eigenvalue weighted by atomic mass is 9.73. The number of fused-ring (bicyclic) bond motifs is 2. The predicted molar refractivity (Wildman–Crippen MR) is 93.2 cm³/mol. The normalized spacial score (nSPS) is 38.8. The molecule has 0 aromatic heterocycles. The van der Waals surface area contributed by atoms with Crippen LogP contribution in [0.25, 0.3) is 0 Å². The minimum atomic E-state index is -0.383. The zero-order chi connectivity index (χ0) is 15.9. The van der Waals surface area contributed by atoms with Gasteiger partial charge in [0.25, 0.3) is 0 Å². The topological polar surface area (TPSA) is 26.7 Å². The Labute approximate surface area is 140 Å². The van der Waals surface area contributed by atoms with Crippen molar-refractivity contribution in [3.05, 3.63) is 35.9 Å². The molecule has 1 aliphatic heterocycles. The van der Waals surface area contributed by atoms with Crippen molar-refractivity contribution in [2.24, 2.45) is 11.8 Å². The number of benzene rings is 1. The molecule has 3 fully saturated rings. The highest BCUT2D eigenvalue weighted by molar-refractivity contribution is 5.14. The van der Waals surface area contributed by atoms with Crippen LogP contribution in [0.1, 0.15) is 38.2 Å². The molecule has 1 aromatic rings. The van der Waals surface area contributed by atoms with Gasteiger partial charge in [-0.05, 0) is 50.0 Å². The van der Waals surface area contributed by atoms with E-state index < -0.39 is 0 Å². The maximum absolute atomic E-state index is 10.7. The average molecular weight is 314 g/mol. The van der Waals surface area contributed by atoms with Crippen molar-refractivity contribution < 1.29 is 5.11 Å². The molecule has 2 bridgehead atoms. The Morgan fingerprint density at radius 3 is 2.22 bits per heavy atom. The summed E-state index contributed by atoms with van der Waals surface area (Å²) in [6.45, 7) is 7.91. The van der Waals surface area contributed by atoms with Gasteiger partial charge in [-0.15, -0.1) is 0 Å². The molecule has 1 saturated heterocycles. The molecule has 2 atom stereocenters. The van der Waals surface area contributed by atoms with E-state index in [0.29, 0.717) is 17.9 Å². The van der Waals surface area contributed by atoms with Crippen LogP contribution in [0.3, 0.4) is 0 Å². The molecule has 3 nitrogen and oxygen atoms in total. The highest BCUT2D eigenvalue weighted by Gasteiger charge is 2.51. The van der Waals surface area contributed by atoms with Gasteiger partial charge < -0.3 is 5.11 Å². The molecular formula is C20H30N2O. The molecule has 2 unspecified atom stereocenters. The third-order valence-electron chi connectivity index (χ3n) is 6.80. The van der Waals surface area contributed by atoms with Gasteiger partial charge in [-0.3, -0.25) is 9.80 Å².